The van der Waals surface area contributed by atoms with Crippen LogP contribution in [0.2, 0.25) is 0 Å². The van der Waals surface area contributed by atoms with E-state index in [0.717, 1.165) is 42.6 Å². The van der Waals surface area contributed by atoms with E-state index >= 15 is 0 Å². The van der Waals surface area contributed by atoms with Crippen LogP contribution >= 0.6 is 0 Å². The molecule has 1 aromatic carbocycles. The number of fused-ring (bicyclic) bond motifs is 3. The van der Waals surface area contributed by atoms with Crippen molar-refractivity contribution in [3.8, 4) is 11.3 Å². The number of halogens is 1. The molecule has 0 bridgehead atoms. The van der Waals surface area contributed by atoms with E-state index < -0.39 is 5.60 Å². The molecule has 1 spiro atoms. The van der Waals surface area contributed by atoms with Gasteiger partial charge in [-0.15, -0.1) is 0 Å². The number of nitrogens with one attached hydrogen (secondary N) is 1. The second kappa shape index (κ2) is 6.70. The van der Waals surface area contributed by atoms with Crippen LogP contribution in [0, 0.1) is 5.82 Å². The first-order valence-corrected chi connectivity index (χ1v) is 10.4. The van der Waals surface area contributed by atoms with Gasteiger partial charge in [-0.05, 0) is 56.0 Å². The molecule has 0 atom stereocenters. The molecule has 6 nitrogen and oxygen atoms in total. The van der Waals surface area contributed by atoms with Crippen molar-refractivity contribution >= 4 is 17.1 Å². The summed E-state index contributed by atoms with van der Waals surface area (Å²) in [6, 6.07) is 12.0. The number of aromatic nitrogens is 4. The van der Waals surface area contributed by atoms with Gasteiger partial charge in [0.05, 0.1) is 16.8 Å². The number of hydrogen-bond acceptors (Lipinski definition) is 5. The number of carbonyl (C=O) groups is 1. The van der Waals surface area contributed by atoms with Crippen molar-refractivity contribution in [2.75, 3.05) is 0 Å². The molecule has 0 unspecified atom stereocenters. The highest BCUT2D eigenvalue weighted by molar-refractivity contribution is 5.94. The molecular weight excluding hydrogens is 395 g/mol. The minimum absolute atomic E-state index is 0.219. The Labute approximate surface area is 177 Å². The smallest absolute Gasteiger partial charge is 0.339 e. The minimum Gasteiger partial charge on any atom is -0.450 e. The molecule has 1 saturated carbocycles. The van der Waals surface area contributed by atoms with E-state index in [1.165, 1.54) is 6.07 Å². The van der Waals surface area contributed by atoms with Crippen molar-refractivity contribution in [1.82, 2.24) is 19.9 Å². The largest absolute Gasteiger partial charge is 0.450 e. The van der Waals surface area contributed by atoms with Crippen LogP contribution in [0.25, 0.3) is 22.4 Å². The van der Waals surface area contributed by atoms with Crippen molar-refractivity contribution in [2.24, 2.45) is 0 Å². The summed E-state index contributed by atoms with van der Waals surface area (Å²) in [7, 11) is 0. The van der Waals surface area contributed by atoms with Crippen LogP contribution in [0.4, 0.5) is 4.39 Å². The summed E-state index contributed by atoms with van der Waals surface area (Å²) in [6.45, 7) is 0. The van der Waals surface area contributed by atoms with Crippen LogP contribution in [0.5, 0.6) is 0 Å². The van der Waals surface area contributed by atoms with Crippen LogP contribution in [0.1, 0.15) is 53.3 Å². The Hall–Kier alpha value is -3.61. The topological polar surface area (TPSA) is 80.8 Å². The zero-order valence-corrected chi connectivity index (χ0v) is 16.6. The van der Waals surface area contributed by atoms with Gasteiger partial charge in [0.2, 0.25) is 0 Å². The number of hydrogen-bond donors (Lipinski definition) is 1. The molecule has 154 valence electrons. The number of nitrogens with zero attached hydrogens (tertiary/aromatic N) is 3. The van der Waals surface area contributed by atoms with Gasteiger partial charge in [0.1, 0.15) is 17.2 Å². The Bertz CT molecular complexity index is 1320. The van der Waals surface area contributed by atoms with Crippen molar-refractivity contribution in [1.29, 1.82) is 0 Å². The molecule has 1 aliphatic carbocycles. The van der Waals surface area contributed by atoms with Crippen molar-refractivity contribution in [2.45, 2.75) is 37.2 Å². The standard InChI is InChI=1S/C24H19FN4O2/c25-18-4-2-1-3-16(18)19-5-6-20-22(27-19)29-21(28-20)14-7-10-24(11-8-14)17-13-26-12-9-15(17)23(30)31-24/h1-6,9,12-14H,7-8,10-11H2,(H,27,28,29). The van der Waals surface area contributed by atoms with Crippen LogP contribution in [0.15, 0.2) is 54.9 Å². The lowest BCUT2D eigenvalue weighted by Crippen LogP contribution is -2.31. The predicted octanol–water partition coefficient (Wildman–Crippen LogP) is 4.88. The summed E-state index contributed by atoms with van der Waals surface area (Å²) in [5.74, 6) is 0.531. The van der Waals surface area contributed by atoms with Crippen molar-refractivity contribution in [3.63, 3.8) is 0 Å². The first-order valence-electron chi connectivity index (χ1n) is 10.4. The Morgan fingerprint density at radius 2 is 1.87 bits per heavy atom. The third kappa shape index (κ3) is 2.84. The SMILES string of the molecule is O=C1OC2(CCC(c3nc4nc(-c5ccccc5F)ccc4[nH]3)CC2)c2cnccc21. The summed E-state index contributed by atoms with van der Waals surface area (Å²) in [5, 5.41) is 0. The number of aromatic amines is 1. The van der Waals surface area contributed by atoms with Gasteiger partial charge in [-0.3, -0.25) is 4.98 Å². The molecule has 0 saturated heterocycles. The summed E-state index contributed by atoms with van der Waals surface area (Å²) in [6.07, 6.45) is 6.51. The van der Waals surface area contributed by atoms with Gasteiger partial charge in [0.25, 0.3) is 0 Å². The van der Waals surface area contributed by atoms with E-state index in [9.17, 15) is 9.18 Å². The van der Waals surface area contributed by atoms with Crippen LogP contribution < -0.4 is 0 Å². The molecule has 1 fully saturated rings. The summed E-state index contributed by atoms with van der Waals surface area (Å²) in [5.41, 5.74) is 3.40. The first kappa shape index (κ1) is 18.2. The normalized spacial score (nSPS) is 22.6. The molecule has 1 N–H and O–H groups in total. The zero-order valence-electron chi connectivity index (χ0n) is 16.6. The first-order chi connectivity index (χ1) is 15.1. The molecule has 6 rings (SSSR count). The fraction of sp³-hybridized carbons (Fsp3) is 0.250. The highest BCUT2D eigenvalue weighted by Crippen LogP contribution is 2.49. The summed E-state index contributed by atoms with van der Waals surface area (Å²) in [4.78, 5) is 29.1. The lowest BCUT2D eigenvalue weighted by molar-refractivity contribution is -0.0313. The van der Waals surface area contributed by atoms with E-state index in [0.29, 0.717) is 22.5 Å². The Kier molecular flexibility index (Phi) is 3.93. The second-order valence-electron chi connectivity index (χ2n) is 8.25. The molecule has 4 aromatic rings. The van der Waals surface area contributed by atoms with E-state index in [2.05, 4.69) is 15.0 Å². The van der Waals surface area contributed by atoms with Gasteiger partial charge in [0, 0.05) is 29.4 Å². The Balaban J connectivity index is 1.27. The monoisotopic (exact) mass is 414 g/mol. The molecule has 0 amide bonds. The molecule has 3 aromatic heterocycles. The van der Waals surface area contributed by atoms with Gasteiger partial charge in [-0.2, -0.15) is 0 Å². The van der Waals surface area contributed by atoms with Crippen molar-refractivity contribution in [3.05, 3.63) is 77.6 Å². The fourth-order valence-electron chi connectivity index (χ4n) is 4.88. The van der Waals surface area contributed by atoms with Crippen LogP contribution in [-0.2, 0) is 10.3 Å². The minimum atomic E-state index is -0.570. The maximum atomic E-state index is 14.1. The fourth-order valence-corrected chi connectivity index (χ4v) is 4.88. The molecule has 31 heavy (non-hydrogen) atoms. The number of carbonyl (C=O) groups excluding carboxylic acids is 1. The zero-order chi connectivity index (χ0) is 21.0. The molecule has 0 radical (unpaired) electrons. The highest BCUT2D eigenvalue weighted by Gasteiger charge is 2.48. The van der Waals surface area contributed by atoms with E-state index in [1.807, 2.05) is 6.07 Å². The molecule has 1 aliphatic heterocycles. The number of H-pyrrole nitrogens is 1. The number of imidazole rings is 1. The molecule has 7 heteroatoms. The van der Waals surface area contributed by atoms with E-state index in [-0.39, 0.29) is 17.7 Å². The average Bonchev–Trinajstić information content (AvgIpc) is 3.34. The number of rotatable bonds is 2. The lowest BCUT2D eigenvalue weighted by atomic mass is 9.75. The maximum absolute atomic E-state index is 14.1. The van der Waals surface area contributed by atoms with Gasteiger partial charge < -0.3 is 9.72 Å². The number of esters is 1. The summed E-state index contributed by atoms with van der Waals surface area (Å²) < 4.78 is 20.0. The van der Waals surface area contributed by atoms with Gasteiger partial charge in [0.15, 0.2) is 5.65 Å². The Morgan fingerprint density at radius 1 is 1.03 bits per heavy atom. The van der Waals surface area contributed by atoms with Crippen LogP contribution in [0.3, 0.4) is 0 Å². The van der Waals surface area contributed by atoms with Crippen LogP contribution in [-0.4, -0.2) is 25.9 Å². The highest BCUT2D eigenvalue weighted by atomic mass is 19.1. The predicted molar refractivity (Wildman–Crippen MR) is 112 cm³/mol. The molecule has 4 heterocycles. The number of benzene rings is 1. The maximum Gasteiger partial charge on any atom is 0.339 e. The number of ether oxygens (including phenoxy) is 1. The molecular formula is C24H19FN4O2. The summed E-state index contributed by atoms with van der Waals surface area (Å²) >= 11 is 0. The Morgan fingerprint density at radius 3 is 2.71 bits per heavy atom. The average molecular weight is 414 g/mol. The number of pyridine rings is 2. The van der Waals surface area contributed by atoms with Gasteiger partial charge >= 0.3 is 5.97 Å². The molecule has 2 aliphatic rings. The van der Waals surface area contributed by atoms with Gasteiger partial charge in [-0.25, -0.2) is 19.2 Å². The van der Waals surface area contributed by atoms with E-state index in [1.54, 1.807) is 42.7 Å². The van der Waals surface area contributed by atoms with Gasteiger partial charge in [-0.1, -0.05) is 12.1 Å². The van der Waals surface area contributed by atoms with Crippen molar-refractivity contribution < 1.29 is 13.9 Å². The lowest BCUT2D eigenvalue weighted by Gasteiger charge is -2.35. The third-order valence-electron chi connectivity index (χ3n) is 6.51. The quantitative estimate of drug-likeness (QED) is 0.473. The van der Waals surface area contributed by atoms with E-state index in [4.69, 9.17) is 9.72 Å². The third-order valence-corrected chi connectivity index (χ3v) is 6.51. The second-order valence-corrected chi connectivity index (χ2v) is 8.25.